The molecule has 18 heavy (non-hydrogen) atoms. The van der Waals surface area contributed by atoms with Crippen LogP contribution in [-0.4, -0.2) is 11.1 Å². The van der Waals surface area contributed by atoms with Crippen molar-refractivity contribution >= 4 is 5.97 Å². The van der Waals surface area contributed by atoms with Gasteiger partial charge in [0.05, 0.1) is 17.9 Å². The molecule has 0 heterocycles. The van der Waals surface area contributed by atoms with Crippen LogP contribution in [0.4, 0.5) is 0 Å². The molecule has 0 aliphatic heterocycles. The molecule has 1 N–H and O–H groups in total. The highest BCUT2D eigenvalue weighted by Gasteiger charge is 2.47. The number of nitrogens with zero attached hydrogens (tertiary/aromatic N) is 1. The highest BCUT2D eigenvalue weighted by Crippen LogP contribution is 2.49. The van der Waals surface area contributed by atoms with Crippen molar-refractivity contribution in [2.24, 2.45) is 29.1 Å². The van der Waals surface area contributed by atoms with E-state index in [2.05, 4.69) is 26.8 Å². The van der Waals surface area contributed by atoms with Crippen LogP contribution < -0.4 is 0 Å². The Balaban J connectivity index is 3.10. The van der Waals surface area contributed by atoms with Crippen LogP contribution in [0, 0.1) is 40.4 Å². The fourth-order valence-corrected chi connectivity index (χ4v) is 3.84. The van der Waals surface area contributed by atoms with Crippen LogP contribution in [0.5, 0.6) is 0 Å². The summed E-state index contributed by atoms with van der Waals surface area (Å²) in [7, 11) is 0. The molecule has 0 bridgehead atoms. The fourth-order valence-electron chi connectivity index (χ4n) is 3.84. The largest absolute Gasteiger partial charge is 0.481 e. The molecule has 1 aliphatic rings. The quantitative estimate of drug-likeness (QED) is 0.828. The minimum Gasteiger partial charge on any atom is -0.481 e. The van der Waals surface area contributed by atoms with E-state index in [1.54, 1.807) is 0 Å². The Hall–Kier alpha value is -1.04. The highest BCUT2D eigenvalue weighted by molar-refractivity contribution is 5.71. The summed E-state index contributed by atoms with van der Waals surface area (Å²) in [6, 6.07) is 2.21. The van der Waals surface area contributed by atoms with Crippen LogP contribution >= 0.6 is 0 Å². The third-order valence-corrected chi connectivity index (χ3v) is 4.71. The van der Waals surface area contributed by atoms with Gasteiger partial charge in [-0.25, -0.2) is 0 Å². The number of carboxylic acid groups (broad SMARTS) is 1. The Morgan fingerprint density at radius 2 is 2.17 bits per heavy atom. The number of rotatable bonds is 4. The van der Waals surface area contributed by atoms with Gasteiger partial charge in [0.1, 0.15) is 0 Å². The summed E-state index contributed by atoms with van der Waals surface area (Å²) in [6.45, 7) is 8.37. The van der Waals surface area contributed by atoms with Crippen LogP contribution in [0.2, 0.25) is 0 Å². The summed E-state index contributed by atoms with van der Waals surface area (Å²) in [5, 5.41) is 18.8. The molecule has 3 heteroatoms. The molecule has 1 fully saturated rings. The summed E-state index contributed by atoms with van der Waals surface area (Å²) in [6.07, 6.45) is 3.93. The van der Waals surface area contributed by atoms with Crippen molar-refractivity contribution in [2.45, 2.75) is 53.4 Å². The normalized spacial score (nSPS) is 30.2. The maximum Gasteiger partial charge on any atom is 0.308 e. The molecule has 1 saturated carbocycles. The Labute approximate surface area is 110 Å². The third-order valence-electron chi connectivity index (χ3n) is 4.71. The minimum absolute atomic E-state index is 0.0188. The van der Waals surface area contributed by atoms with Gasteiger partial charge in [0, 0.05) is 0 Å². The maximum absolute atomic E-state index is 11.6. The predicted molar refractivity (Wildman–Crippen MR) is 70.8 cm³/mol. The molecule has 1 rings (SSSR count). The molecule has 1 aliphatic carbocycles. The van der Waals surface area contributed by atoms with E-state index in [1.807, 2.05) is 6.92 Å². The lowest BCUT2D eigenvalue weighted by Gasteiger charge is -2.46. The van der Waals surface area contributed by atoms with E-state index in [0.29, 0.717) is 12.3 Å². The lowest BCUT2D eigenvalue weighted by Crippen LogP contribution is -2.44. The highest BCUT2D eigenvalue weighted by atomic mass is 16.4. The van der Waals surface area contributed by atoms with Crippen molar-refractivity contribution in [1.82, 2.24) is 0 Å². The van der Waals surface area contributed by atoms with Crippen LogP contribution in [0.3, 0.4) is 0 Å². The maximum atomic E-state index is 11.6. The number of hydrogen-bond donors (Lipinski definition) is 1. The van der Waals surface area contributed by atoms with E-state index in [9.17, 15) is 15.2 Å². The second-order valence-electron chi connectivity index (χ2n) is 6.39. The predicted octanol–water partition coefficient (Wildman–Crippen LogP) is 3.70. The second kappa shape index (κ2) is 5.73. The lowest BCUT2D eigenvalue weighted by molar-refractivity contribution is -0.150. The molecular formula is C15H25NO2. The van der Waals surface area contributed by atoms with Crippen LogP contribution in [-0.2, 0) is 4.79 Å². The lowest BCUT2D eigenvalue weighted by atomic mass is 9.57. The zero-order valence-corrected chi connectivity index (χ0v) is 11.9. The Morgan fingerprint density at radius 3 is 2.56 bits per heavy atom. The van der Waals surface area contributed by atoms with Crippen LogP contribution in [0.15, 0.2) is 0 Å². The molecule has 0 saturated heterocycles. The molecule has 4 unspecified atom stereocenters. The Kier molecular flexibility index (Phi) is 4.78. The van der Waals surface area contributed by atoms with Gasteiger partial charge in [-0.05, 0) is 30.1 Å². The molecule has 3 nitrogen and oxygen atoms in total. The van der Waals surface area contributed by atoms with Crippen LogP contribution in [0.25, 0.3) is 0 Å². The van der Waals surface area contributed by atoms with Crippen molar-refractivity contribution in [1.29, 1.82) is 5.26 Å². The van der Waals surface area contributed by atoms with E-state index in [-0.39, 0.29) is 17.3 Å². The van der Waals surface area contributed by atoms with Gasteiger partial charge in [0.2, 0.25) is 0 Å². The molecule has 0 radical (unpaired) electrons. The number of aliphatic carboxylic acids is 1. The van der Waals surface area contributed by atoms with Gasteiger partial charge >= 0.3 is 5.97 Å². The van der Waals surface area contributed by atoms with E-state index in [4.69, 9.17) is 0 Å². The van der Waals surface area contributed by atoms with Gasteiger partial charge in [0.25, 0.3) is 0 Å². The number of carbonyl (C=O) groups is 1. The zero-order valence-electron chi connectivity index (χ0n) is 11.9. The SMILES string of the molecule is CCC(C#N)C(C(=O)O)C1C(C)CCCC1(C)C. The molecule has 0 aromatic carbocycles. The average Bonchev–Trinajstić information content (AvgIpc) is 2.26. The second-order valence-corrected chi connectivity index (χ2v) is 6.39. The van der Waals surface area contributed by atoms with Crippen molar-refractivity contribution in [3.05, 3.63) is 0 Å². The van der Waals surface area contributed by atoms with Crippen molar-refractivity contribution in [3.63, 3.8) is 0 Å². The Bertz CT molecular complexity index is 343. The van der Waals surface area contributed by atoms with Gasteiger partial charge in [-0.3, -0.25) is 4.79 Å². The van der Waals surface area contributed by atoms with Gasteiger partial charge in [0.15, 0.2) is 0 Å². The smallest absolute Gasteiger partial charge is 0.308 e. The van der Waals surface area contributed by atoms with E-state index in [0.717, 1.165) is 12.8 Å². The standard InChI is InChI=1S/C15H25NO2/c1-5-11(9-16)12(14(17)18)13-10(2)7-6-8-15(13,3)4/h10-13H,5-8H2,1-4H3,(H,17,18). The first-order valence-corrected chi connectivity index (χ1v) is 6.97. The van der Waals surface area contributed by atoms with Gasteiger partial charge in [-0.2, -0.15) is 5.26 Å². The first-order chi connectivity index (χ1) is 8.35. The summed E-state index contributed by atoms with van der Waals surface area (Å²) in [5.74, 6) is -1.20. The fraction of sp³-hybridized carbons (Fsp3) is 0.867. The molecule has 102 valence electrons. The Morgan fingerprint density at radius 1 is 1.56 bits per heavy atom. The van der Waals surface area contributed by atoms with Gasteiger partial charge < -0.3 is 5.11 Å². The summed E-state index contributed by atoms with van der Waals surface area (Å²) < 4.78 is 0. The van der Waals surface area contributed by atoms with Crippen molar-refractivity contribution in [3.8, 4) is 6.07 Å². The molecular weight excluding hydrogens is 226 g/mol. The van der Waals surface area contributed by atoms with Crippen molar-refractivity contribution < 1.29 is 9.90 Å². The number of carboxylic acids is 1. The van der Waals surface area contributed by atoms with Gasteiger partial charge in [-0.1, -0.05) is 40.5 Å². The third kappa shape index (κ3) is 2.85. The van der Waals surface area contributed by atoms with E-state index >= 15 is 0 Å². The summed E-state index contributed by atoms with van der Waals surface area (Å²) in [4.78, 5) is 11.6. The molecule has 0 amide bonds. The monoisotopic (exact) mass is 251 g/mol. The first kappa shape index (κ1) is 15.0. The van der Waals surface area contributed by atoms with E-state index in [1.165, 1.54) is 6.42 Å². The summed E-state index contributed by atoms with van der Waals surface area (Å²) in [5.41, 5.74) is 0.0188. The zero-order chi connectivity index (χ0) is 13.9. The summed E-state index contributed by atoms with van der Waals surface area (Å²) >= 11 is 0. The molecule has 4 atom stereocenters. The molecule has 0 aromatic rings. The average molecular weight is 251 g/mol. The molecule has 0 aromatic heterocycles. The molecule has 0 spiro atoms. The van der Waals surface area contributed by atoms with Crippen molar-refractivity contribution in [2.75, 3.05) is 0 Å². The van der Waals surface area contributed by atoms with Gasteiger partial charge in [-0.15, -0.1) is 0 Å². The first-order valence-electron chi connectivity index (χ1n) is 6.97. The van der Waals surface area contributed by atoms with Crippen LogP contribution in [0.1, 0.15) is 53.4 Å². The minimum atomic E-state index is -0.796. The number of nitriles is 1. The number of hydrogen-bond acceptors (Lipinski definition) is 2. The topological polar surface area (TPSA) is 61.1 Å². The van der Waals surface area contributed by atoms with E-state index < -0.39 is 11.9 Å².